The first-order valence-electron chi connectivity index (χ1n) is 9.57. The number of likely N-dealkylation sites (tertiary alicyclic amines) is 1. The second-order valence-electron chi connectivity index (χ2n) is 7.97. The second kappa shape index (κ2) is 6.94. The summed E-state index contributed by atoms with van der Waals surface area (Å²) in [5, 5.41) is 3.37. The SMILES string of the molecule is Cc1ccc(C(=O)N2C[C@H]3CNC[C@H]3C2)cc1S(=O)(=O)NC1CCCC1. The summed E-state index contributed by atoms with van der Waals surface area (Å²) < 4.78 is 28.5. The van der Waals surface area contributed by atoms with Gasteiger partial charge >= 0.3 is 0 Å². The van der Waals surface area contributed by atoms with Crippen LogP contribution in [0.15, 0.2) is 23.1 Å². The maximum Gasteiger partial charge on any atom is 0.253 e. The van der Waals surface area contributed by atoms with Crippen LogP contribution < -0.4 is 10.0 Å². The average Bonchev–Trinajstić information content (AvgIpc) is 3.30. The molecule has 1 saturated carbocycles. The van der Waals surface area contributed by atoms with E-state index in [-0.39, 0.29) is 16.8 Å². The lowest BCUT2D eigenvalue weighted by Crippen LogP contribution is -2.34. The normalized spacial score (nSPS) is 26.4. The van der Waals surface area contributed by atoms with E-state index < -0.39 is 10.0 Å². The molecule has 142 valence electrons. The van der Waals surface area contributed by atoms with Gasteiger partial charge in [0.05, 0.1) is 4.90 Å². The van der Waals surface area contributed by atoms with Crippen molar-refractivity contribution in [1.29, 1.82) is 0 Å². The molecule has 2 aliphatic heterocycles. The number of carbonyl (C=O) groups excluding carboxylic acids is 1. The number of fused-ring (bicyclic) bond motifs is 1. The number of benzene rings is 1. The van der Waals surface area contributed by atoms with Crippen LogP contribution in [0.2, 0.25) is 0 Å². The first-order valence-corrected chi connectivity index (χ1v) is 11.1. The van der Waals surface area contributed by atoms with Crippen molar-refractivity contribution in [2.24, 2.45) is 11.8 Å². The van der Waals surface area contributed by atoms with Gasteiger partial charge in [-0.05, 0) is 49.3 Å². The van der Waals surface area contributed by atoms with Crippen LogP contribution in [0.4, 0.5) is 0 Å². The summed E-state index contributed by atoms with van der Waals surface area (Å²) in [6, 6.07) is 5.07. The highest BCUT2D eigenvalue weighted by Gasteiger charge is 2.38. The van der Waals surface area contributed by atoms with E-state index in [9.17, 15) is 13.2 Å². The monoisotopic (exact) mass is 377 g/mol. The van der Waals surface area contributed by atoms with Crippen molar-refractivity contribution in [3.8, 4) is 0 Å². The number of amides is 1. The lowest BCUT2D eigenvalue weighted by Gasteiger charge is -2.19. The van der Waals surface area contributed by atoms with Gasteiger partial charge in [0, 0.05) is 37.8 Å². The highest BCUT2D eigenvalue weighted by Crippen LogP contribution is 2.28. The van der Waals surface area contributed by atoms with Crippen molar-refractivity contribution in [3.63, 3.8) is 0 Å². The first kappa shape index (κ1) is 17.9. The summed E-state index contributed by atoms with van der Waals surface area (Å²) in [6.07, 6.45) is 3.91. The predicted molar refractivity (Wildman–Crippen MR) is 99.5 cm³/mol. The van der Waals surface area contributed by atoms with Crippen LogP contribution in [0, 0.1) is 18.8 Å². The fraction of sp³-hybridized carbons (Fsp3) is 0.632. The van der Waals surface area contributed by atoms with Crippen molar-refractivity contribution in [1.82, 2.24) is 14.9 Å². The average molecular weight is 378 g/mol. The van der Waals surface area contributed by atoms with Crippen LogP contribution in [0.5, 0.6) is 0 Å². The molecule has 1 amide bonds. The molecule has 2 heterocycles. The summed E-state index contributed by atoms with van der Waals surface area (Å²) in [6.45, 7) is 5.23. The van der Waals surface area contributed by atoms with E-state index in [2.05, 4.69) is 10.0 Å². The largest absolute Gasteiger partial charge is 0.338 e. The summed E-state index contributed by atoms with van der Waals surface area (Å²) in [7, 11) is -3.60. The smallest absolute Gasteiger partial charge is 0.253 e. The summed E-state index contributed by atoms with van der Waals surface area (Å²) in [5.74, 6) is 0.991. The van der Waals surface area contributed by atoms with Crippen LogP contribution in [0.1, 0.15) is 41.6 Å². The molecule has 0 bridgehead atoms. The molecule has 6 nitrogen and oxygen atoms in total. The zero-order valence-electron chi connectivity index (χ0n) is 15.2. The van der Waals surface area contributed by atoms with Crippen LogP contribution >= 0.6 is 0 Å². The summed E-state index contributed by atoms with van der Waals surface area (Å²) in [4.78, 5) is 15.0. The van der Waals surface area contributed by atoms with Crippen molar-refractivity contribution in [2.45, 2.75) is 43.5 Å². The molecule has 0 spiro atoms. The molecule has 1 aliphatic carbocycles. The predicted octanol–water partition coefficient (Wildman–Crippen LogP) is 1.51. The highest BCUT2D eigenvalue weighted by molar-refractivity contribution is 7.89. The van der Waals surface area contributed by atoms with Crippen LogP contribution in [0.3, 0.4) is 0 Å². The van der Waals surface area contributed by atoms with Gasteiger partial charge in [0.2, 0.25) is 10.0 Å². The fourth-order valence-electron chi connectivity index (χ4n) is 4.55. The lowest BCUT2D eigenvalue weighted by molar-refractivity contribution is 0.0781. The van der Waals surface area contributed by atoms with Gasteiger partial charge in [-0.15, -0.1) is 0 Å². The number of carbonyl (C=O) groups is 1. The van der Waals surface area contributed by atoms with Gasteiger partial charge in [-0.1, -0.05) is 18.9 Å². The highest BCUT2D eigenvalue weighted by atomic mass is 32.2. The maximum absolute atomic E-state index is 12.9. The third-order valence-corrected chi connectivity index (χ3v) is 7.74. The number of sulfonamides is 1. The van der Waals surface area contributed by atoms with E-state index in [0.29, 0.717) is 23.0 Å². The molecule has 0 unspecified atom stereocenters. The Morgan fingerprint density at radius 2 is 1.81 bits per heavy atom. The molecule has 3 aliphatic rings. The number of hydrogen-bond acceptors (Lipinski definition) is 4. The van der Waals surface area contributed by atoms with Gasteiger partial charge in [-0.3, -0.25) is 4.79 Å². The third-order valence-electron chi connectivity index (χ3n) is 6.08. The molecule has 0 radical (unpaired) electrons. The number of nitrogens with one attached hydrogen (secondary N) is 2. The molecule has 3 fully saturated rings. The summed E-state index contributed by atoms with van der Waals surface area (Å²) >= 11 is 0. The molecular formula is C19H27N3O3S. The topological polar surface area (TPSA) is 78.5 Å². The lowest BCUT2D eigenvalue weighted by atomic mass is 10.0. The van der Waals surface area contributed by atoms with Gasteiger partial charge < -0.3 is 10.2 Å². The molecule has 0 aromatic heterocycles. The molecule has 2 N–H and O–H groups in total. The Labute approximate surface area is 155 Å². The number of aryl methyl sites for hydroxylation is 1. The van der Waals surface area contributed by atoms with Gasteiger partial charge in [0.15, 0.2) is 0 Å². The van der Waals surface area contributed by atoms with Crippen molar-refractivity contribution >= 4 is 15.9 Å². The quantitative estimate of drug-likeness (QED) is 0.834. The Morgan fingerprint density at radius 1 is 1.15 bits per heavy atom. The minimum atomic E-state index is -3.60. The minimum Gasteiger partial charge on any atom is -0.338 e. The molecule has 1 aromatic rings. The number of hydrogen-bond donors (Lipinski definition) is 2. The Hall–Kier alpha value is -1.44. The molecule has 26 heavy (non-hydrogen) atoms. The van der Waals surface area contributed by atoms with Crippen LogP contribution in [0.25, 0.3) is 0 Å². The Morgan fingerprint density at radius 3 is 2.46 bits per heavy atom. The molecule has 7 heteroatoms. The molecule has 1 aromatic carbocycles. The van der Waals surface area contributed by atoms with E-state index in [1.54, 1.807) is 25.1 Å². The van der Waals surface area contributed by atoms with Gasteiger partial charge in [0.25, 0.3) is 5.91 Å². The van der Waals surface area contributed by atoms with E-state index in [1.165, 1.54) is 0 Å². The van der Waals surface area contributed by atoms with Crippen LogP contribution in [-0.4, -0.2) is 51.4 Å². The fourth-order valence-corrected chi connectivity index (χ4v) is 6.13. The molecule has 2 atom stereocenters. The van der Waals surface area contributed by atoms with Gasteiger partial charge in [-0.2, -0.15) is 0 Å². The van der Waals surface area contributed by atoms with E-state index in [1.807, 2.05) is 4.90 Å². The molecule has 4 rings (SSSR count). The van der Waals surface area contributed by atoms with Crippen molar-refractivity contribution in [3.05, 3.63) is 29.3 Å². The number of nitrogens with zero attached hydrogens (tertiary/aromatic N) is 1. The van der Waals surface area contributed by atoms with E-state index in [4.69, 9.17) is 0 Å². The standard InChI is InChI=1S/C19H27N3O3S/c1-13-6-7-14(19(23)22-11-15-9-20-10-16(15)12-22)8-18(13)26(24,25)21-17-4-2-3-5-17/h6-8,15-17,20-21H,2-5,9-12H2,1H3/t15-,16+. The Kier molecular flexibility index (Phi) is 4.79. The zero-order valence-corrected chi connectivity index (χ0v) is 16.0. The van der Waals surface area contributed by atoms with Crippen molar-refractivity contribution < 1.29 is 13.2 Å². The first-order chi connectivity index (χ1) is 12.4. The maximum atomic E-state index is 12.9. The summed E-state index contributed by atoms with van der Waals surface area (Å²) in [5.41, 5.74) is 1.14. The van der Waals surface area contributed by atoms with E-state index >= 15 is 0 Å². The van der Waals surface area contributed by atoms with Crippen molar-refractivity contribution in [2.75, 3.05) is 26.2 Å². The number of rotatable bonds is 4. The molecule has 2 saturated heterocycles. The van der Waals surface area contributed by atoms with Crippen LogP contribution in [-0.2, 0) is 10.0 Å². The van der Waals surface area contributed by atoms with Gasteiger partial charge in [-0.25, -0.2) is 13.1 Å². The van der Waals surface area contributed by atoms with E-state index in [0.717, 1.165) is 51.9 Å². The third kappa shape index (κ3) is 3.40. The second-order valence-corrected chi connectivity index (χ2v) is 9.65. The van der Waals surface area contributed by atoms with Gasteiger partial charge in [0.1, 0.15) is 0 Å². The zero-order chi connectivity index (χ0) is 18.3. The molecular weight excluding hydrogens is 350 g/mol. The Bertz CT molecular complexity index is 790. The minimum absolute atomic E-state index is 0.0178. The Balaban J connectivity index is 1.55.